The topological polar surface area (TPSA) is 61.0 Å². The number of azo groups is 1. The first-order valence-electron chi connectivity index (χ1n) is 14.5. The predicted octanol–water partition coefficient (Wildman–Crippen LogP) is 8.50. The van der Waals surface area contributed by atoms with E-state index in [4.69, 9.17) is 10.1 Å². The molecule has 3 aliphatic rings. The van der Waals surface area contributed by atoms with E-state index in [2.05, 4.69) is 82.8 Å². The molecule has 1 aliphatic heterocycles. The fourth-order valence-corrected chi connectivity index (χ4v) is 5.32. The number of rotatable bonds is 6. The van der Waals surface area contributed by atoms with E-state index in [1.165, 1.54) is 24.0 Å². The Kier molecular flexibility index (Phi) is 12.4. The van der Waals surface area contributed by atoms with Crippen molar-refractivity contribution >= 4 is 11.4 Å². The molecule has 0 aromatic heterocycles. The fourth-order valence-electron chi connectivity index (χ4n) is 5.32. The number of ether oxygens (including phenoxy) is 1. The molecular formula is C34H45N4O. The average molecular weight is 526 g/mol. The first-order valence-corrected chi connectivity index (χ1v) is 14.5. The average Bonchev–Trinajstić information content (AvgIpc) is 3.84. The van der Waals surface area contributed by atoms with E-state index in [0.717, 1.165) is 61.6 Å². The molecule has 5 rings (SSSR count). The summed E-state index contributed by atoms with van der Waals surface area (Å²) in [7, 11) is 3.32. The van der Waals surface area contributed by atoms with Crippen molar-refractivity contribution in [3.8, 4) is 17.6 Å². The van der Waals surface area contributed by atoms with Crippen LogP contribution in [0.3, 0.4) is 0 Å². The lowest BCUT2D eigenvalue weighted by molar-refractivity contribution is 0.186. The van der Waals surface area contributed by atoms with Crippen LogP contribution >= 0.6 is 0 Å². The Hall–Kier alpha value is -3.23. The molecule has 5 nitrogen and oxygen atoms in total. The highest BCUT2D eigenvalue weighted by Gasteiger charge is 2.33. The van der Waals surface area contributed by atoms with Crippen LogP contribution in [0.1, 0.15) is 87.9 Å². The zero-order valence-corrected chi connectivity index (χ0v) is 24.4. The maximum atomic E-state index is 8.65. The standard InChI is InChI=1S/C24H27N4O.C8H12.C2H6/c1-26-27-24(25)23(20-9-6-10-21(29-2)22(20)19-11-12-19)28-15-13-18(14-16-28)17-7-4-3-5-8-17;1-8-6-4-2-3-5-7-8;1-2/h3-12,18,23,25H,13-16H2,1-2H3;8H,4-7H2,1H3;1-2H3. The minimum Gasteiger partial charge on any atom is -0.496 e. The highest BCUT2D eigenvalue weighted by atomic mass is 16.5. The quantitative estimate of drug-likeness (QED) is 0.178. The second kappa shape index (κ2) is 16.0. The van der Waals surface area contributed by atoms with Crippen LogP contribution in [0.25, 0.3) is 5.57 Å². The molecule has 1 atom stereocenters. The fraction of sp³-hybridized carbons (Fsp3) is 0.471. The lowest BCUT2D eigenvalue weighted by atomic mass is 9.87. The van der Waals surface area contributed by atoms with Gasteiger partial charge in [-0.05, 0) is 73.4 Å². The van der Waals surface area contributed by atoms with Gasteiger partial charge in [-0.25, -0.2) is 0 Å². The third-order valence-electron chi connectivity index (χ3n) is 7.48. The summed E-state index contributed by atoms with van der Waals surface area (Å²) in [6.45, 7) is 8.14. The molecule has 5 heteroatoms. The van der Waals surface area contributed by atoms with Crippen LogP contribution in [0.4, 0.5) is 0 Å². The number of likely N-dealkylation sites (tertiary alicyclic amines) is 1. The van der Waals surface area contributed by atoms with Crippen molar-refractivity contribution in [2.24, 2.45) is 16.1 Å². The minimum absolute atomic E-state index is 0.226. The van der Waals surface area contributed by atoms with Gasteiger partial charge in [-0.1, -0.05) is 69.3 Å². The van der Waals surface area contributed by atoms with Gasteiger partial charge in [0.15, 0.2) is 5.84 Å². The number of hydrogen-bond donors (Lipinski definition) is 1. The maximum absolute atomic E-state index is 8.65. The molecule has 1 saturated heterocycles. The van der Waals surface area contributed by atoms with Crippen molar-refractivity contribution in [3.05, 3.63) is 77.7 Å². The summed E-state index contributed by atoms with van der Waals surface area (Å²) in [4.78, 5) is 2.37. The van der Waals surface area contributed by atoms with Crippen molar-refractivity contribution in [2.45, 2.75) is 71.3 Å². The van der Waals surface area contributed by atoms with Gasteiger partial charge in [0.2, 0.25) is 0 Å². The lowest BCUT2D eigenvalue weighted by Crippen LogP contribution is -2.39. The van der Waals surface area contributed by atoms with Gasteiger partial charge in [0, 0.05) is 31.9 Å². The maximum Gasteiger partial charge on any atom is 0.164 e. The Balaban J connectivity index is 0.000000357. The molecule has 1 N–H and O–H groups in total. The molecule has 1 radical (unpaired) electrons. The second-order valence-corrected chi connectivity index (χ2v) is 10.1. The Morgan fingerprint density at radius 2 is 1.62 bits per heavy atom. The summed E-state index contributed by atoms with van der Waals surface area (Å²) in [6, 6.07) is 16.6. The number of piperidine rings is 1. The third kappa shape index (κ3) is 8.63. The van der Waals surface area contributed by atoms with Gasteiger partial charge in [0.05, 0.1) is 13.2 Å². The Labute approximate surface area is 236 Å². The molecule has 2 aliphatic carbocycles. The number of hydrogen-bond acceptors (Lipinski definition) is 4. The number of methoxy groups -OCH3 is 1. The monoisotopic (exact) mass is 525 g/mol. The summed E-state index contributed by atoms with van der Waals surface area (Å²) in [6.07, 6.45) is 11.2. The van der Waals surface area contributed by atoms with Crippen LogP contribution < -0.4 is 4.74 Å². The number of nitrogens with zero attached hydrogens (tertiary/aromatic N) is 3. The van der Waals surface area contributed by atoms with Gasteiger partial charge in [-0.3, -0.25) is 10.3 Å². The van der Waals surface area contributed by atoms with E-state index in [1.807, 2.05) is 26.0 Å². The molecule has 0 spiro atoms. The van der Waals surface area contributed by atoms with Crippen LogP contribution in [-0.2, 0) is 0 Å². The zero-order chi connectivity index (χ0) is 28.0. The van der Waals surface area contributed by atoms with Crippen molar-refractivity contribution < 1.29 is 4.74 Å². The summed E-state index contributed by atoms with van der Waals surface area (Å²) >= 11 is 0. The molecule has 2 aromatic carbocycles. The summed E-state index contributed by atoms with van der Waals surface area (Å²) < 4.78 is 5.64. The van der Waals surface area contributed by atoms with Crippen LogP contribution in [-0.4, -0.2) is 38.0 Å². The van der Waals surface area contributed by atoms with Crippen molar-refractivity contribution in [1.82, 2.24) is 4.90 Å². The predicted molar refractivity (Wildman–Crippen MR) is 163 cm³/mol. The summed E-state index contributed by atoms with van der Waals surface area (Å²) in [5.74, 6) is 8.84. The first-order chi connectivity index (χ1) is 19.1. The molecule has 39 heavy (non-hydrogen) atoms. The van der Waals surface area contributed by atoms with Crippen molar-refractivity contribution in [3.63, 3.8) is 0 Å². The van der Waals surface area contributed by atoms with E-state index in [1.54, 1.807) is 14.2 Å². The highest BCUT2D eigenvalue weighted by Crippen LogP contribution is 2.43. The Morgan fingerprint density at radius 1 is 0.974 bits per heavy atom. The molecule has 1 fully saturated rings. The van der Waals surface area contributed by atoms with Gasteiger partial charge in [0.25, 0.3) is 0 Å². The first kappa shape index (κ1) is 30.3. The molecule has 207 valence electrons. The SMILES string of the molecule is CC.CC1CCC#CCC1.CN=NC(=N)C(c1cccc(OC)c1C1=C[CH]1)N1CCC(c2ccccc2)CC1. The minimum atomic E-state index is -0.226. The van der Waals surface area contributed by atoms with Crippen LogP contribution in [0.5, 0.6) is 5.75 Å². The number of benzene rings is 2. The lowest BCUT2D eigenvalue weighted by Gasteiger charge is -2.38. The largest absolute Gasteiger partial charge is 0.496 e. The van der Waals surface area contributed by atoms with Crippen LogP contribution in [0.2, 0.25) is 0 Å². The molecular weight excluding hydrogens is 480 g/mol. The Morgan fingerprint density at radius 3 is 2.18 bits per heavy atom. The molecule has 1 heterocycles. The number of amidine groups is 1. The van der Waals surface area contributed by atoms with E-state index in [-0.39, 0.29) is 11.9 Å². The molecule has 0 amide bonds. The normalized spacial score (nSPS) is 18.2. The third-order valence-corrected chi connectivity index (χ3v) is 7.48. The van der Waals surface area contributed by atoms with E-state index in [0.29, 0.717) is 5.92 Å². The van der Waals surface area contributed by atoms with Gasteiger partial charge in [-0.2, -0.15) is 5.11 Å². The molecule has 0 bridgehead atoms. The second-order valence-electron chi connectivity index (χ2n) is 10.1. The van der Waals surface area contributed by atoms with Gasteiger partial charge >= 0.3 is 0 Å². The van der Waals surface area contributed by atoms with E-state index < -0.39 is 0 Å². The number of nitrogens with one attached hydrogen (secondary N) is 1. The summed E-state index contributed by atoms with van der Waals surface area (Å²) in [5, 5.41) is 16.7. The van der Waals surface area contributed by atoms with E-state index in [9.17, 15) is 0 Å². The van der Waals surface area contributed by atoms with Crippen molar-refractivity contribution in [1.29, 1.82) is 5.41 Å². The van der Waals surface area contributed by atoms with Gasteiger partial charge < -0.3 is 4.74 Å². The van der Waals surface area contributed by atoms with E-state index >= 15 is 0 Å². The smallest absolute Gasteiger partial charge is 0.164 e. The molecule has 0 saturated carbocycles. The molecule has 2 aromatic rings. The summed E-state index contributed by atoms with van der Waals surface area (Å²) in [5.41, 5.74) is 4.72. The Bertz CT molecular complexity index is 1150. The molecule has 1 unspecified atom stereocenters. The van der Waals surface area contributed by atoms with Crippen LogP contribution in [0, 0.1) is 29.6 Å². The zero-order valence-electron chi connectivity index (χ0n) is 24.4. The number of allylic oxidation sites excluding steroid dienone is 2. The van der Waals surface area contributed by atoms with Gasteiger partial charge in [0.1, 0.15) is 5.75 Å². The van der Waals surface area contributed by atoms with Crippen LogP contribution in [0.15, 0.2) is 64.8 Å². The highest BCUT2D eigenvalue weighted by molar-refractivity contribution is 5.94. The van der Waals surface area contributed by atoms with Crippen molar-refractivity contribution in [2.75, 3.05) is 27.2 Å². The van der Waals surface area contributed by atoms with Gasteiger partial charge in [-0.15, -0.1) is 17.0 Å².